The Hall–Kier alpha value is -0.650. The molecule has 2 unspecified atom stereocenters. The fourth-order valence-corrected chi connectivity index (χ4v) is 0.818. The largest absolute Gasteiger partial charge is 0.394 e. The van der Waals surface area contributed by atoms with Gasteiger partial charge in [0.05, 0.1) is 12.7 Å². The molecule has 5 N–H and O–H groups in total. The lowest BCUT2D eigenvalue weighted by atomic mass is 10.0. The van der Waals surface area contributed by atoms with Crippen LogP contribution in [0.15, 0.2) is 0 Å². The third-order valence-corrected chi connectivity index (χ3v) is 2.02. The molecule has 0 aliphatic heterocycles. The van der Waals surface area contributed by atoms with E-state index >= 15 is 0 Å². The molecule has 5 heteroatoms. The van der Waals surface area contributed by atoms with Crippen molar-refractivity contribution in [1.29, 1.82) is 0 Å². The Kier molecular flexibility index (Phi) is 6.44. The van der Waals surface area contributed by atoms with Gasteiger partial charge in [-0.15, -0.1) is 0 Å². The highest BCUT2D eigenvalue weighted by atomic mass is 16.3. The summed E-state index contributed by atoms with van der Waals surface area (Å²) in [6, 6.07) is -0.165. The number of hydrogen-bond acceptors (Lipinski definition) is 4. The molecule has 0 aliphatic carbocycles. The summed E-state index contributed by atoms with van der Waals surface area (Å²) >= 11 is 0. The number of aliphatic hydroxyl groups excluding tert-OH is 2. The number of hydrogen-bond donors (Lipinski definition) is 4. The summed E-state index contributed by atoms with van der Waals surface area (Å²) in [5, 5.41) is 19.9. The van der Waals surface area contributed by atoms with Gasteiger partial charge in [-0.2, -0.15) is 0 Å². The predicted octanol–water partition coefficient (Wildman–Crippen LogP) is -1.17. The zero-order valence-electron chi connectivity index (χ0n) is 8.73. The number of amides is 1. The fourth-order valence-electron chi connectivity index (χ4n) is 0.818. The van der Waals surface area contributed by atoms with Gasteiger partial charge in [0.25, 0.3) is 0 Å². The van der Waals surface area contributed by atoms with Gasteiger partial charge >= 0.3 is 0 Å². The number of nitrogens with one attached hydrogen (secondary N) is 1. The normalized spacial score (nSPS) is 15.3. The Morgan fingerprint density at radius 2 is 2.07 bits per heavy atom. The van der Waals surface area contributed by atoms with Crippen LogP contribution in [0, 0.1) is 5.92 Å². The Balaban J connectivity index is 3.65. The average Bonchev–Trinajstić information content (AvgIpc) is 2.13. The molecule has 14 heavy (non-hydrogen) atoms. The predicted molar refractivity (Wildman–Crippen MR) is 53.5 cm³/mol. The molecule has 0 aromatic carbocycles. The summed E-state index contributed by atoms with van der Waals surface area (Å²) in [5.74, 6) is 0.0576. The van der Waals surface area contributed by atoms with Crippen LogP contribution in [0.2, 0.25) is 0 Å². The Bertz CT molecular complexity index is 173. The maximum atomic E-state index is 11.2. The van der Waals surface area contributed by atoms with E-state index in [0.717, 1.165) is 0 Å². The van der Waals surface area contributed by atoms with Crippen LogP contribution in [-0.4, -0.2) is 41.4 Å². The van der Waals surface area contributed by atoms with E-state index in [2.05, 4.69) is 5.32 Å². The van der Waals surface area contributed by atoms with Crippen LogP contribution < -0.4 is 11.1 Å². The SMILES string of the molecule is CC(C)C(N)CC(=O)NCC(O)CO. The highest BCUT2D eigenvalue weighted by Crippen LogP contribution is 2.02. The molecule has 0 saturated heterocycles. The van der Waals surface area contributed by atoms with Gasteiger partial charge in [-0.05, 0) is 5.92 Å². The van der Waals surface area contributed by atoms with Crippen LogP contribution in [0.5, 0.6) is 0 Å². The summed E-state index contributed by atoms with van der Waals surface area (Å²) in [7, 11) is 0. The number of carbonyl (C=O) groups excluding carboxylic acids is 1. The van der Waals surface area contributed by atoms with Crippen LogP contribution in [0.25, 0.3) is 0 Å². The highest BCUT2D eigenvalue weighted by Gasteiger charge is 2.13. The van der Waals surface area contributed by atoms with Crippen LogP contribution >= 0.6 is 0 Å². The van der Waals surface area contributed by atoms with Gasteiger partial charge in [-0.25, -0.2) is 0 Å². The van der Waals surface area contributed by atoms with Crippen molar-refractivity contribution in [3.63, 3.8) is 0 Å². The van der Waals surface area contributed by atoms with Crippen LogP contribution in [-0.2, 0) is 4.79 Å². The maximum Gasteiger partial charge on any atom is 0.221 e. The van der Waals surface area contributed by atoms with Crippen molar-refractivity contribution in [3.05, 3.63) is 0 Å². The van der Waals surface area contributed by atoms with Crippen molar-refractivity contribution in [3.8, 4) is 0 Å². The van der Waals surface area contributed by atoms with Gasteiger partial charge in [-0.3, -0.25) is 4.79 Å². The summed E-state index contributed by atoms with van der Waals surface area (Å²) in [6.07, 6.45) is -0.648. The molecule has 0 aromatic rings. The second-order valence-corrected chi connectivity index (χ2v) is 3.75. The first-order chi connectivity index (χ1) is 6.47. The number of rotatable bonds is 6. The summed E-state index contributed by atoms with van der Waals surface area (Å²) in [4.78, 5) is 11.2. The van der Waals surface area contributed by atoms with Gasteiger partial charge < -0.3 is 21.3 Å². The molecular weight excluding hydrogens is 184 g/mol. The van der Waals surface area contributed by atoms with E-state index in [0.29, 0.717) is 0 Å². The fraction of sp³-hybridized carbons (Fsp3) is 0.889. The van der Waals surface area contributed by atoms with E-state index in [-0.39, 0.29) is 37.4 Å². The van der Waals surface area contributed by atoms with E-state index in [1.54, 1.807) is 0 Å². The van der Waals surface area contributed by atoms with E-state index in [9.17, 15) is 4.79 Å². The molecule has 0 heterocycles. The maximum absolute atomic E-state index is 11.2. The second-order valence-electron chi connectivity index (χ2n) is 3.75. The first kappa shape index (κ1) is 13.4. The molecule has 0 radical (unpaired) electrons. The van der Waals surface area contributed by atoms with E-state index in [1.165, 1.54) is 0 Å². The lowest BCUT2D eigenvalue weighted by Crippen LogP contribution is -2.38. The molecule has 1 amide bonds. The smallest absolute Gasteiger partial charge is 0.221 e. The van der Waals surface area contributed by atoms with Crippen LogP contribution in [0.4, 0.5) is 0 Å². The van der Waals surface area contributed by atoms with Crippen molar-refractivity contribution in [1.82, 2.24) is 5.32 Å². The number of aliphatic hydroxyl groups is 2. The zero-order valence-corrected chi connectivity index (χ0v) is 8.73. The minimum atomic E-state index is -0.894. The lowest BCUT2D eigenvalue weighted by molar-refractivity contribution is -0.122. The van der Waals surface area contributed by atoms with E-state index < -0.39 is 6.10 Å². The van der Waals surface area contributed by atoms with Crippen molar-refractivity contribution < 1.29 is 15.0 Å². The summed E-state index contributed by atoms with van der Waals surface area (Å²) in [5.41, 5.74) is 5.68. The summed E-state index contributed by atoms with van der Waals surface area (Å²) < 4.78 is 0. The molecule has 0 saturated carbocycles. The molecule has 0 aromatic heterocycles. The molecule has 84 valence electrons. The topological polar surface area (TPSA) is 95.6 Å². The minimum absolute atomic E-state index is 0.0696. The molecule has 0 bridgehead atoms. The Morgan fingerprint density at radius 3 is 2.50 bits per heavy atom. The van der Waals surface area contributed by atoms with Crippen molar-refractivity contribution in [2.75, 3.05) is 13.2 Å². The van der Waals surface area contributed by atoms with E-state index in [4.69, 9.17) is 15.9 Å². The third kappa shape index (κ3) is 5.90. The molecular formula is C9H20N2O3. The van der Waals surface area contributed by atoms with Crippen molar-refractivity contribution in [2.45, 2.75) is 32.4 Å². The zero-order chi connectivity index (χ0) is 11.1. The first-order valence-electron chi connectivity index (χ1n) is 4.78. The van der Waals surface area contributed by atoms with Gasteiger partial charge in [0.1, 0.15) is 0 Å². The Morgan fingerprint density at radius 1 is 1.50 bits per heavy atom. The average molecular weight is 204 g/mol. The van der Waals surface area contributed by atoms with Gasteiger partial charge in [0, 0.05) is 19.0 Å². The van der Waals surface area contributed by atoms with E-state index in [1.807, 2.05) is 13.8 Å². The molecule has 0 aliphatic rings. The summed E-state index contributed by atoms with van der Waals surface area (Å²) in [6.45, 7) is 3.61. The quantitative estimate of drug-likeness (QED) is 0.438. The molecule has 2 atom stereocenters. The Labute approximate surface area is 84.3 Å². The van der Waals surface area contributed by atoms with Crippen LogP contribution in [0.1, 0.15) is 20.3 Å². The lowest BCUT2D eigenvalue weighted by Gasteiger charge is -2.15. The number of nitrogens with two attached hydrogens (primary N) is 1. The molecule has 0 fully saturated rings. The van der Waals surface area contributed by atoms with Gasteiger partial charge in [0.2, 0.25) is 5.91 Å². The molecule has 5 nitrogen and oxygen atoms in total. The van der Waals surface area contributed by atoms with Crippen molar-refractivity contribution in [2.24, 2.45) is 11.7 Å². The van der Waals surface area contributed by atoms with Gasteiger partial charge in [-0.1, -0.05) is 13.8 Å². The first-order valence-corrected chi connectivity index (χ1v) is 4.78. The number of carbonyl (C=O) groups is 1. The second kappa shape index (κ2) is 6.75. The molecule has 0 spiro atoms. The standard InChI is InChI=1S/C9H20N2O3/c1-6(2)8(10)3-9(14)11-4-7(13)5-12/h6-8,12-13H,3-5,10H2,1-2H3,(H,11,14). The van der Waals surface area contributed by atoms with Crippen LogP contribution in [0.3, 0.4) is 0 Å². The highest BCUT2D eigenvalue weighted by molar-refractivity contribution is 5.76. The van der Waals surface area contributed by atoms with Crippen molar-refractivity contribution >= 4 is 5.91 Å². The third-order valence-electron chi connectivity index (χ3n) is 2.02. The monoisotopic (exact) mass is 204 g/mol. The van der Waals surface area contributed by atoms with Gasteiger partial charge in [0.15, 0.2) is 0 Å². The minimum Gasteiger partial charge on any atom is -0.394 e. The molecule has 0 rings (SSSR count).